The van der Waals surface area contributed by atoms with Crippen LogP contribution in [-0.4, -0.2) is 0 Å². The lowest BCUT2D eigenvalue weighted by Gasteiger charge is -2.26. The van der Waals surface area contributed by atoms with Crippen LogP contribution in [-0.2, 0) is 6.42 Å². The molecule has 0 saturated carbocycles. The molecule has 1 unspecified atom stereocenters. The van der Waals surface area contributed by atoms with Crippen LogP contribution in [0.25, 0.3) is 11.1 Å². The Morgan fingerprint density at radius 2 is 0.623 bits per heavy atom. The van der Waals surface area contributed by atoms with Gasteiger partial charge in [0.25, 0.3) is 0 Å². The van der Waals surface area contributed by atoms with Gasteiger partial charge in [-0.3, -0.25) is 0 Å². The first-order valence-electron chi connectivity index (χ1n) is 18.4. The fourth-order valence-corrected chi connectivity index (χ4v) is 7.34. The second kappa shape index (κ2) is 16.1. The average Bonchev–Trinajstić information content (AvgIpc) is 3.25. The second-order valence-corrected chi connectivity index (χ2v) is 13.3. The highest BCUT2D eigenvalue weighted by atomic mass is 15.1. The highest BCUT2D eigenvalue weighted by Crippen LogP contribution is 2.40. The van der Waals surface area contributed by atoms with Crippen molar-refractivity contribution < 1.29 is 0 Å². The Labute approximate surface area is 313 Å². The largest absolute Gasteiger partial charge is 0.311 e. The molecular formula is C52H41N. The van der Waals surface area contributed by atoms with Crippen molar-refractivity contribution in [2.75, 3.05) is 4.90 Å². The summed E-state index contributed by atoms with van der Waals surface area (Å²) in [5.41, 5.74) is 14.4. The Hall–Kier alpha value is -6.70. The summed E-state index contributed by atoms with van der Waals surface area (Å²) in [7, 11) is 0. The van der Waals surface area contributed by atoms with Crippen LogP contribution in [0.3, 0.4) is 0 Å². The third-order valence-electron chi connectivity index (χ3n) is 9.90. The molecule has 8 rings (SSSR count). The van der Waals surface area contributed by atoms with Gasteiger partial charge in [-0.1, -0.05) is 194 Å². The minimum atomic E-state index is 0.245. The minimum absolute atomic E-state index is 0.245. The van der Waals surface area contributed by atoms with Crippen LogP contribution in [0.2, 0.25) is 0 Å². The van der Waals surface area contributed by atoms with Crippen molar-refractivity contribution in [3.63, 3.8) is 0 Å². The Kier molecular flexibility index (Phi) is 10.2. The summed E-state index contributed by atoms with van der Waals surface area (Å²) in [6, 6.07) is 82.9. The molecule has 8 aromatic rings. The van der Waals surface area contributed by atoms with Crippen molar-refractivity contribution in [3.05, 3.63) is 269 Å². The van der Waals surface area contributed by atoms with E-state index in [0.29, 0.717) is 0 Å². The van der Waals surface area contributed by atoms with Gasteiger partial charge in [-0.2, -0.15) is 0 Å². The predicted molar refractivity (Wildman–Crippen MR) is 224 cm³/mol. The lowest BCUT2D eigenvalue weighted by Crippen LogP contribution is -2.09. The molecule has 0 aromatic heterocycles. The number of anilines is 3. The SMILES string of the molecule is c1ccc(CC(c2ccccc2)c2ccc(/C(=C(\c3ccccc3)c3ccc(N(c4ccccc4)c4ccccc4)cc3)c3ccccc3)cc2)cc1. The molecule has 0 aliphatic carbocycles. The number of hydrogen-bond donors (Lipinski definition) is 0. The monoisotopic (exact) mass is 679 g/mol. The molecule has 1 heteroatoms. The molecule has 0 bridgehead atoms. The normalized spacial score (nSPS) is 12.1. The summed E-state index contributed by atoms with van der Waals surface area (Å²) in [6.45, 7) is 0. The van der Waals surface area contributed by atoms with Crippen LogP contribution in [0.1, 0.15) is 44.9 Å². The zero-order valence-electron chi connectivity index (χ0n) is 29.7. The molecule has 254 valence electrons. The maximum Gasteiger partial charge on any atom is 0.0462 e. The fraction of sp³-hybridized carbons (Fsp3) is 0.0385. The molecule has 1 nitrogen and oxygen atoms in total. The van der Waals surface area contributed by atoms with Gasteiger partial charge < -0.3 is 4.90 Å². The molecule has 0 aliphatic heterocycles. The summed E-state index contributed by atoms with van der Waals surface area (Å²) in [5.74, 6) is 0.245. The van der Waals surface area contributed by atoms with Crippen molar-refractivity contribution in [1.29, 1.82) is 0 Å². The summed E-state index contributed by atoms with van der Waals surface area (Å²) in [6.07, 6.45) is 0.941. The van der Waals surface area contributed by atoms with Crippen molar-refractivity contribution in [2.45, 2.75) is 12.3 Å². The summed E-state index contributed by atoms with van der Waals surface area (Å²) in [5, 5.41) is 0. The van der Waals surface area contributed by atoms with Crippen molar-refractivity contribution >= 4 is 28.2 Å². The van der Waals surface area contributed by atoms with Gasteiger partial charge >= 0.3 is 0 Å². The van der Waals surface area contributed by atoms with Gasteiger partial charge in [-0.05, 0) is 92.9 Å². The van der Waals surface area contributed by atoms with Crippen LogP contribution in [0, 0.1) is 0 Å². The van der Waals surface area contributed by atoms with E-state index in [4.69, 9.17) is 0 Å². The topological polar surface area (TPSA) is 3.24 Å². The molecular weight excluding hydrogens is 639 g/mol. The lowest BCUT2D eigenvalue weighted by atomic mass is 9.83. The molecule has 0 N–H and O–H groups in total. The van der Waals surface area contributed by atoms with Gasteiger partial charge in [-0.15, -0.1) is 0 Å². The summed E-state index contributed by atoms with van der Waals surface area (Å²) in [4.78, 5) is 2.31. The van der Waals surface area contributed by atoms with Gasteiger partial charge in [0.2, 0.25) is 0 Å². The maximum absolute atomic E-state index is 2.34. The number of rotatable bonds is 11. The first-order chi connectivity index (χ1) is 26.3. The third-order valence-corrected chi connectivity index (χ3v) is 9.90. The number of hydrogen-bond acceptors (Lipinski definition) is 1. The molecule has 8 aromatic carbocycles. The van der Waals surface area contributed by atoms with E-state index in [9.17, 15) is 0 Å². The lowest BCUT2D eigenvalue weighted by molar-refractivity contribution is 0.805. The first kappa shape index (κ1) is 33.4. The molecule has 0 amide bonds. The highest BCUT2D eigenvalue weighted by Gasteiger charge is 2.20. The van der Waals surface area contributed by atoms with Crippen LogP contribution in [0.4, 0.5) is 17.1 Å². The van der Waals surface area contributed by atoms with Crippen LogP contribution in [0.5, 0.6) is 0 Å². The smallest absolute Gasteiger partial charge is 0.0462 e. The second-order valence-electron chi connectivity index (χ2n) is 13.3. The van der Waals surface area contributed by atoms with E-state index in [0.717, 1.165) is 29.0 Å². The van der Waals surface area contributed by atoms with Crippen LogP contribution in [0.15, 0.2) is 231 Å². The van der Waals surface area contributed by atoms with Gasteiger partial charge in [0, 0.05) is 23.0 Å². The molecule has 53 heavy (non-hydrogen) atoms. The minimum Gasteiger partial charge on any atom is -0.311 e. The zero-order chi connectivity index (χ0) is 35.7. The predicted octanol–water partition coefficient (Wildman–Crippen LogP) is 13.5. The van der Waals surface area contributed by atoms with Crippen LogP contribution >= 0.6 is 0 Å². The van der Waals surface area contributed by atoms with E-state index < -0.39 is 0 Å². The molecule has 0 fully saturated rings. The van der Waals surface area contributed by atoms with E-state index >= 15 is 0 Å². The zero-order valence-corrected chi connectivity index (χ0v) is 29.7. The van der Waals surface area contributed by atoms with Gasteiger partial charge in [-0.25, -0.2) is 0 Å². The Morgan fingerprint density at radius 3 is 1.08 bits per heavy atom. The molecule has 1 atom stereocenters. The molecule has 0 radical (unpaired) electrons. The Bertz CT molecular complexity index is 2310. The number of nitrogens with zero attached hydrogens (tertiary/aromatic N) is 1. The van der Waals surface area contributed by atoms with Gasteiger partial charge in [0.15, 0.2) is 0 Å². The summed E-state index contributed by atoms with van der Waals surface area (Å²) < 4.78 is 0. The fourth-order valence-electron chi connectivity index (χ4n) is 7.34. The first-order valence-corrected chi connectivity index (χ1v) is 18.4. The van der Waals surface area contributed by atoms with Crippen molar-refractivity contribution in [1.82, 2.24) is 0 Å². The molecule has 0 saturated heterocycles. The number of benzene rings is 8. The van der Waals surface area contributed by atoms with E-state index in [-0.39, 0.29) is 5.92 Å². The molecule has 0 heterocycles. The van der Waals surface area contributed by atoms with E-state index in [1.54, 1.807) is 0 Å². The maximum atomic E-state index is 2.34. The van der Waals surface area contributed by atoms with Crippen molar-refractivity contribution in [2.24, 2.45) is 0 Å². The third kappa shape index (κ3) is 7.66. The number of para-hydroxylation sites is 2. The standard InChI is InChI=1S/C52H41N/c1-7-19-40(20-8-1)39-50(41-21-9-2-10-22-41)42-31-33-45(34-32-42)51(43-23-11-3-12-24-43)52(44-25-13-4-14-26-44)46-35-37-49(38-36-46)53(47-27-15-5-16-28-47)48-29-17-6-18-30-48/h1-38,50H,39H2/b52-51+. The van der Waals surface area contributed by atoms with Crippen molar-refractivity contribution in [3.8, 4) is 0 Å². The molecule has 0 aliphatic rings. The Morgan fingerprint density at radius 1 is 0.302 bits per heavy atom. The summed E-state index contributed by atoms with van der Waals surface area (Å²) >= 11 is 0. The quantitative estimate of drug-likeness (QED) is 0.123. The Balaban J connectivity index is 1.26. The highest BCUT2D eigenvalue weighted by molar-refractivity contribution is 6.04. The van der Waals surface area contributed by atoms with Gasteiger partial charge in [0.1, 0.15) is 0 Å². The van der Waals surface area contributed by atoms with E-state index in [2.05, 4.69) is 235 Å². The molecule has 0 spiro atoms. The van der Waals surface area contributed by atoms with Gasteiger partial charge in [0.05, 0.1) is 0 Å². The average molecular weight is 680 g/mol. The van der Waals surface area contributed by atoms with Crippen LogP contribution < -0.4 is 4.90 Å². The van der Waals surface area contributed by atoms with E-state index in [1.165, 1.54) is 44.5 Å². The van der Waals surface area contributed by atoms with E-state index in [1.807, 2.05) is 0 Å².